The molecule has 12 nitrogen and oxygen atoms in total. The third kappa shape index (κ3) is 4.57. The van der Waals surface area contributed by atoms with E-state index in [1.54, 1.807) is 12.1 Å². The fourth-order valence-corrected chi connectivity index (χ4v) is 4.26. The number of nitrogens with zero attached hydrogens (tertiary/aromatic N) is 4. The van der Waals surface area contributed by atoms with Crippen molar-refractivity contribution < 1.29 is 28.6 Å². The van der Waals surface area contributed by atoms with Crippen molar-refractivity contribution in [3.05, 3.63) is 52.2 Å². The number of aliphatic hydroxyl groups excluding tert-OH is 1. The van der Waals surface area contributed by atoms with Gasteiger partial charge in [0.05, 0.1) is 30.4 Å². The normalized spacial score (nSPS) is 17.1. The summed E-state index contributed by atoms with van der Waals surface area (Å²) in [6.45, 7) is 0.548. The Bertz CT molecular complexity index is 1400. The van der Waals surface area contributed by atoms with Gasteiger partial charge in [-0.15, -0.1) is 0 Å². The van der Waals surface area contributed by atoms with Crippen LogP contribution in [0.25, 0.3) is 11.0 Å². The number of carbonyl (C=O) groups is 2. The van der Waals surface area contributed by atoms with Crippen LogP contribution < -0.4 is 25.8 Å². The molecule has 188 valence electrons. The minimum absolute atomic E-state index is 0.0299. The van der Waals surface area contributed by atoms with Crippen molar-refractivity contribution in [3.8, 4) is 5.75 Å². The number of ether oxygens (including phenoxy) is 2. The Labute approximate surface area is 203 Å². The van der Waals surface area contributed by atoms with Crippen molar-refractivity contribution in [3.63, 3.8) is 0 Å². The molecule has 0 radical (unpaired) electrons. The smallest absolute Gasteiger partial charge is 0.416 e. The summed E-state index contributed by atoms with van der Waals surface area (Å²) in [6, 6.07) is 6.03. The van der Waals surface area contributed by atoms with Gasteiger partial charge in [0.25, 0.3) is 11.5 Å². The van der Waals surface area contributed by atoms with Gasteiger partial charge in [-0.05, 0) is 37.2 Å². The lowest BCUT2D eigenvalue weighted by Crippen LogP contribution is -2.33. The maximum atomic E-state index is 14.7. The zero-order valence-electron chi connectivity index (χ0n) is 19.1. The van der Waals surface area contributed by atoms with Crippen molar-refractivity contribution in [1.82, 2.24) is 19.9 Å². The summed E-state index contributed by atoms with van der Waals surface area (Å²) in [7, 11) is 0. The van der Waals surface area contributed by atoms with Crippen LogP contribution in [0.5, 0.6) is 5.75 Å². The Hall–Kier alpha value is -4.10. The van der Waals surface area contributed by atoms with Gasteiger partial charge in [-0.3, -0.25) is 14.5 Å². The van der Waals surface area contributed by atoms with Gasteiger partial charge in [-0.25, -0.2) is 19.2 Å². The number of hydrogen-bond donors (Lipinski definition) is 3. The van der Waals surface area contributed by atoms with Gasteiger partial charge in [-0.2, -0.15) is 0 Å². The Morgan fingerprint density at radius 3 is 2.92 bits per heavy atom. The number of hydrogen-bond acceptors (Lipinski definition) is 9. The Morgan fingerprint density at radius 2 is 2.08 bits per heavy atom. The highest BCUT2D eigenvalue weighted by molar-refractivity contribution is 5.95. The number of nitrogens with one attached hydrogen (secondary N) is 2. The van der Waals surface area contributed by atoms with E-state index < -0.39 is 23.6 Å². The monoisotopic (exact) mass is 498 g/mol. The first-order chi connectivity index (χ1) is 17.4. The number of aromatic nitrogens is 3. The number of pyridine rings is 1. The molecule has 3 aromatic rings. The summed E-state index contributed by atoms with van der Waals surface area (Å²) in [5.74, 6) is 0.175. The first-order valence-electron chi connectivity index (χ1n) is 11.3. The molecule has 4 heterocycles. The van der Waals surface area contributed by atoms with E-state index in [2.05, 4.69) is 20.6 Å². The molecule has 2 aliphatic heterocycles. The molecule has 0 unspecified atom stereocenters. The van der Waals surface area contributed by atoms with E-state index in [0.717, 1.165) is 6.20 Å². The standard InChI is InChI=1S/C23H23FN6O6/c24-15-1-2-16-21(29(7-8-31)20(33)10-26-16)14(15)5-6-25-9-13-11-30(23(34)36-13)18-4-3-17-22(27-18)28-19(32)12-35-17/h1-4,10,13,25,31H,5-9,11-12H2,(H,27,28,32)/t13-/m0/s1. The lowest BCUT2D eigenvalue weighted by atomic mass is 10.1. The summed E-state index contributed by atoms with van der Waals surface area (Å²) in [5, 5.41) is 15.1. The second-order valence-electron chi connectivity index (χ2n) is 8.29. The van der Waals surface area contributed by atoms with E-state index in [-0.39, 0.29) is 44.4 Å². The fraction of sp³-hybridized carbons (Fsp3) is 0.348. The van der Waals surface area contributed by atoms with Crippen molar-refractivity contribution in [2.75, 3.05) is 43.1 Å². The van der Waals surface area contributed by atoms with Gasteiger partial charge < -0.3 is 29.8 Å². The average Bonchev–Trinajstić information content (AvgIpc) is 3.24. The summed E-state index contributed by atoms with van der Waals surface area (Å²) >= 11 is 0. The second kappa shape index (κ2) is 9.87. The van der Waals surface area contributed by atoms with Gasteiger partial charge in [0, 0.05) is 18.7 Å². The molecule has 5 rings (SSSR count). The molecule has 0 bridgehead atoms. The van der Waals surface area contributed by atoms with E-state index in [1.165, 1.54) is 21.6 Å². The molecule has 13 heteroatoms. The number of benzene rings is 1. The predicted molar refractivity (Wildman–Crippen MR) is 126 cm³/mol. The summed E-state index contributed by atoms with van der Waals surface area (Å²) in [4.78, 5) is 45.9. The number of rotatable bonds is 8. The third-order valence-corrected chi connectivity index (χ3v) is 5.91. The maximum Gasteiger partial charge on any atom is 0.416 e. The lowest BCUT2D eigenvalue weighted by Gasteiger charge is -2.19. The van der Waals surface area contributed by atoms with Crippen LogP contribution in [0.15, 0.2) is 35.3 Å². The Balaban J connectivity index is 1.22. The molecular formula is C23H23FN6O6. The average molecular weight is 498 g/mol. The number of amides is 2. The van der Waals surface area contributed by atoms with E-state index in [0.29, 0.717) is 41.3 Å². The molecule has 1 saturated heterocycles. The molecule has 2 aliphatic rings. The zero-order valence-corrected chi connectivity index (χ0v) is 19.1. The summed E-state index contributed by atoms with van der Waals surface area (Å²) in [6.07, 6.45) is 0.344. The van der Waals surface area contributed by atoms with Crippen LogP contribution in [-0.4, -0.2) is 70.6 Å². The molecule has 0 saturated carbocycles. The van der Waals surface area contributed by atoms with Crippen LogP contribution in [0, 0.1) is 5.82 Å². The molecule has 2 amide bonds. The molecule has 36 heavy (non-hydrogen) atoms. The quantitative estimate of drug-likeness (QED) is 0.376. The first-order valence-corrected chi connectivity index (χ1v) is 11.3. The van der Waals surface area contributed by atoms with E-state index in [4.69, 9.17) is 9.47 Å². The first kappa shape index (κ1) is 23.6. The minimum atomic E-state index is -0.573. The molecule has 1 atom stereocenters. The number of carbonyl (C=O) groups excluding carboxylic acids is 2. The summed E-state index contributed by atoms with van der Waals surface area (Å²) < 4.78 is 26.7. The largest absolute Gasteiger partial charge is 0.480 e. The van der Waals surface area contributed by atoms with Gasteiger partial charge in [0.15, 0.2) is 18.2 Å². The van der Waals surface area contributed by atoms with Crippen LogP contribution in [-0.2, 0) is 22.5 Å². The van der Waals surface area contributed by atoms with E-state index in [9.17, 15) is 23.9 Å². The Morgan fingerprint density at radius 1 is 1.22 bits per heavy atom. The molecule has 2 aromatic heterocycles. The number of anilines is 2. The van der Waals surface area contributed by atoms with Crippen molar-refractivity contribution >= 4 is 34.7 Å². The predicted octanol–water partition coefficient (Wildman–Crippen LogP) is 0.411. The van der Waals surface area contributed by atoms with Crippen molar-refractivity contribution in [1.29, 1.82) is 0 Å². The van der Waals surface area contributed by atoms with E-state index in [1.807, 2.05) is 0 Å². The molecular weight excluding hydrogens is 475 g/mol. The molecule has 3 N–H and O–H groups in total. The number of aliphatic hydroxyl groups is 1. The molecule has 0 spiro atoms. The highest BCUT2D eigenvalue weighted by Crippen LogP contribution is 2.30. The molecule has 1 aromatic carbocycles. The van der Waals surface area contributed by atoms with Gasteiger partial charge in [-0.1, -0.05) is 0 Å². The van der Waals surface area contributed by atoms with E-state index >= 15 is 0 Å². The van der Waals surface area contributed by atoms with Crippen LogP contribution in [0.2, 0.25) is 0 Å². The van der Waals surface area contributed by atoms with Gasteiger partial charge in [0.1, 0.15) is 17.7 Å². The number of halogens is 1. The highest BCUT2D eigenvalue weighted by Gasteiger charge is 2.33. The molecule has 0 aliphatic carbocycles. The highest BCUT2D eigenvalue weighted by atomic mass is 19.1. The summed E-state index contributed by atoms with van der Waals surface area (Å²) in [5.41, 5.74) is 0.702. The van der Waals surface area contributed by atoms with Crippen LogP contribution in [0.4, 0.5) is 20.8 Å². The SMILES string of the molecule is O=C1COc2ccc(N3C[C@H](CNCCc4c(F)ccc5ncc(=O)n(CCO)c45)OC3=O)nc2N1. The maximum absolute atomic E-state index is 14.7. The third-order valence-electron chi connectivity index (χ3n) is 5.91. The topological polar surface area (TPSA) is 148 Å². The van der Waals surface area contributed by atoms with Crippen LogP contribution >= 0.6 is 0 Å². The Kier molecular flexibility index (Phi) is 6.48. The zero-order chi connectivity index (χ0) is 25.2. The van der Waals surface area contributed by atoms with Crippen molar-refractivity contribution in [2.45, 2.75) is 19.1 Å². The van der Waals surface area contributed by atoms with Crippen LogP contribution in [0.3, 0.4) is 0 Å². The number of cyclic esters (lactones) is 1. The molecule has 1 fully saturated rings. The number of fused-ring (bicyclic) bond motifs is 2. The minimum Gasteiger partial charge on any atom is -0.480 e. The van der Waals surface area contributed by atoms with Gasteiger partial charge >= 0.3 is 6.09 Å². The van der Waals surface area contributed by atoms with Crippen molar-refractivity contribution in [2.24, 2.45) is 0 Å². The fourth-order valence-electron chi connectivity index (χ4n) is 4.26. The lowest BCUT2D eigenvalue weighted by molar-refractivity contribution is -0.118. The van der Waals surface area contributed by atoms with Crippen LogP contribution in [0.1, 0.15) is 5.56 Å². The van der Waals surface area contributed by atoms with Gasteiger partial charge in [0.2, 0.25) is 0 Å². The second-order valence-corrected chi connectivity index (χ2v) is 8.29.